The van der Waals surface area contributed by atoms with Crippen LogP contribution in [-0.2, 0) is 4.79 Å². The number of carbonyl (C=O) groups is 1. The average Bonchev–Trinajstić information content (AvgIpc) is 2.38. The van der Waals surface area contributed by atoms with Crippen LogP contribution in [0.15, 0.2) is 18.2 Å². The molecule has 110 valence electrons. The number of carboxylic acids is 1. The number of rotatable bonds is 4. The van der Waals surface area contributed by atoms with Crippen molar-refractivity contribution in [1.29, 1.82) is 0 Å². The molecule has 0 aromatic heterocycles. The van der Waals surface area contributed by atoms with Crippen LogP contribution in [0.4, 0.5) is 8.78 Å². The second-order valence-corrected chi connectivity index (χ2v) is 5.05. The van der Waals surface area contributed by atoms with Crippen LogP contribution in [0.25, 0.3) is 0 Å². The van der Waals surface area contributed by atoms with Crippen LogP contribution in [-0.4, -0.2) is 53.6 Å². The largest absolute Gasteiger partial charge is 0.480 e. The van der Waals surface area contributed by atoms with E-state index in [9.17, 15) is 13.6 Å². The van der Waals surface area contributed by atoms with Gasteiger partial charge in [-0.25, -0.2) is 8.78 Å². The molecule has 0 bridgehead atoms. The van der Waals surface area contributed by atoms with Crippen molar-refractivity contribution in [1.82, 2.24) is 9.80 Å². The summed E-state index contributed by atoms with van der Waals surface area (Å²) in [6.45, 7) is 4.53. The highest BCUT2D eigenvalue weighted by Crippen LogP contribution is 2.24. The number of nitrogens with zero attached hydrogens (tertiary/aromatic N) is 2. The van der Waals surface area contributed by atoms with Crippen molar-refractivity contribution in [2.75, 3.05) is 32.7 Å². The lowest BCUT2D eigenvalue weighted by atomic mass is 10.1. The Balaban J connectivity index is 1.97. The summed E-state index contributed by atoms with van der Waals surface area (Å²) >= 11 is 0. The molecule has 1 unspecified atom stereocenters. The summed E-state index contributed by atoms with van der Waals surface area (Å²) < 4.78 is 26.7. The quantitative estimate of drug-likeness (QED) is 0.914. The van der Waals surface area contributed by atoms with Crippen molar-refractivity contribution in [3.63, 3.8) is 0 Å². The van der Waals surface area contributed by atoms with Crippen molar-refractivity contribution in [2.24, 2.45) is 0 Å². The molecule has 1 atom stereocenters. The summed E-state index contributed by atoms with van der Waals surface area (Å²) in [5.74, 6) is -1.95. The Bertz CT molecular complexity index is 488. The SMILES string of the molecule is CC(c1ccc(F)cc1F)N1CCN(CC(=O)O)CC1. The molecule has 0 spiro atoms. The van der Waals surface area contributed by atoms with E-state index in [1.54, 1.807) is 0 Å². The van der Waals surface area contributed by atoms with Gasteiger partial charge in [-0.2, -0.15) is 0 Å². The summed E-state index contributed by atoms with van der Waals surface area (Å²) in [6.07, 6.45) is 0. The number of piperazine rings is 1. The van der Waals surface area contributed by atoms with Crippen molar-refractivity contribution in [3.05, 3.63) is 35.4 Å². The Morgan fingerprint density at radius 2 is 1.95 bits per heavy atom. The first kappa shape index (κ1) is 14.9. The molecule has 0 saturated carbocycles. The summed E-state index contributed by atoms with van der Waals surface area (Å²) in [7, 11) is 0. The maximum atomic E-state index is 13.7. The lowest BCUT2D eigenvalue weighted by Gasteiger charge is -2.37. The zero-order valence-corrected chi connectivity index (χ0v) is 11.4. The molecular weight excluding hydrogens is 266 g/mol. The van der Waals surface area contributed by atoms with E-state index in [-0.39, 0.29) is 12.6 Å². The van der Waals surface area contributed by atoms with Crippen LogP contribution in [0.3, 0.4) is 0 Å². The molecule has 1 heterocycles. The smallest absolute Gasteiger partial charge is 0.317 e. The summed E-state index contributed by atoms with van der Waals surface area (Å²) in [5, 5.41) is 8.74. The third kappa shape index (κ3) is 3.52. The van der Waals surface area contributed by atoms with Crippen molar-refractivity contribution in [3.8, 4) is 0 Å². The van der Waals surface area contributed by atoms with Gasteiger partial charge in [-0.15, -0.1) is 0 Å². The monoisotopic (exact) mass is 284 g/mol. The normalized spacial score (nSPS) is 18.9. The molecule has 0 radical (unpaired) electrons. The number of aliphatic carboxylic acids is 1. The number of carboxylic acid groups (broad SMARTS) is 1. The van der Waals surface area contributed by atoms with Gasteiger partial charge in [0.2, 0.25) is 0 Å². The van der Waals surface area contributed by atoms with E-state index in [1.165, 1.54) is 12.1 Å². The van der Waals surface area contributed by atoms with Crippen LogP contribution >= 0.6 is 0 Å². The Hall–Kier alpha value is -1.53. The second-order valence-electron chi connectivity index (χ2n) is 5.05. The third-order valence-electron chi connectivity index (χ3n) is 3.73. The molecule has 4 nitrogen and oxygen atoms in total. The number of hydrogen-bond donors (Lipinski definition) is 1. The van der Waals surface area contributed by atoms with Crippen LogP contribution in [0.2, 0.25) is 0 Å². The molecule has 1 aliphatic rings. The highest BCUT2D eigenvalue weighted by molar-refractivity contribution is 5.69. The Kier molecular flexibility index (Phi) is 4.67. The molecule has 1 N–H and O–H groups in total. The molecule has 1 aromatic rings. The second kappa shape index (κ2) is 6.28. The van der Waals surface area contributed by atoms with E-state index >= 15 is 0 Å². The fraction of sp³-hybridized carbons (Fsp3) is 0.500. The fourth-order valence-corrected chi connectivity index (χ4v) is 2.54. The first-order valence-electron chi connectivity index (χ1n) is 6.60. The minimum Gasteiger partial charge on any atom is -0.480 e. The molecule has 1 fully saturated rings. The van der Waals surface area contributed by atoms with Gasteiger partial charge in [-0.05, 0) is 13.0 Å². The van der Waals surface area contributed by atoms with Crippen LogP contribution in [0.1, 0.15) is 18.5 Å². The van der Waals surface area contributed by atoms with E-state index in [0.29, 0.717) is 31.7 Å². The minimum absolute atomic E-state index is 0.0349. The number of halogens is 2. The molecule has 0 aliphatic carbocycles. The third-order valence-corrected chi connectivity index (χ3v) is 3.73. The van der Waals surface area contributed by atoms with E-state index in [0.717, 1.165) is 6.07 Å². The van der Waals surface area contributed by atoms with Crippen molar-refractivity contribution < 1.29 is 18.7 Å². The zero-order valence-electron chi connectivity index (χ0n) is 11.4. The average molecular weight is 284 g/mol. The first-order chi connectivity index (χ1) is 9.47. The maximum absolute atomic E-state index is 13.7. The molecule has 2 rings (SSSR count). The number of hydrogen-bond acceptors (Lipinski definition) is 3. The molecule has 1 aliphatic heterocycles. The van der Waals surface area contributed by atoms with Crippen LogP contribution in [0.5, 0.6) is 0 Å². The fourth-order valence-electron chi connectivity index (χ4n) is 2.54. The Labute approximate surface area is 116 Å². The van der Waals surface area contributed by atoms with Crippen molar-refractivity contribution >= 4 is 5.97 Å². The van der Waals surface area contributed by atoms with Gasteiger partial charge in [0.1, 0.15) is 11.6 Å². The Morgan fingerprint density at radius 1 is 1.30 bits per heavy atom. The lowest BCUT2D eigenvalue weighted by Crippen LogP contribution is -2.48. The molecular formula is C14H18F2N2O2. The molecule has 6 heteroatoms. The zero-order chi connectivity index (χ0) is 14.7. The predicted octanol–water partition coefficient (Wildman–Crippen LogP) is 1.73. The molecule has 20 heavy (non-hydrogen) atoms. The topological polar surface area (TPSA) is 43.8 Å². The highest BCUT2D eigenvalue weighted by Gasteiger charge is 2.24. The van der Waals surface area contributed by atoms with Gasteiger partial charge in [-0.3, -0.25) is 14.6 Å². The first-order valence-corrected chi connectivity index (χ1v) is 6.60. The van der Waals surface area contributed by atoms with Crippen LogP contribution in [0, 0.1) is 11.6 Å². The van der Waals surface area contributed by atoms with Gasteiger partial charge < -0.3 is 5.11 Å². The van der Waals surface area contributed by atoms with E-state index in [1.807, 2.05) is 11.8 Å². The van der Waals surface area contributed by atoms with Gasteiger partial charge in [-0.1, -0.05) is 6.07 Å². The summed E-state index contributed by atoms with van der Waals surface area (Å²) in [4.78, 5) is 14.6. The molecule has 1 saturated heterocycles. The van der Waals surface area contributed by atoms with E-state index < -0.39 is 17.6 Å². The van der Waals surface area contributed by atoms with Gasteiger partial charge >= 0.3 is 5.97 Å². The summed E-state index contributed by atoms with van der Waals surface area (Å²) in [5.41, 5.74) is 0.470. The predicted molar refractivity (Wildman–Crippen MR) is 70.4 cm³/mol. The molecule has 0 amide bonds. The highest BCUT2D eigenvalue weighted by atomic mass is 19.1. The Morgan fingerprint density at radius 3 is 2.50 bits per heavy atom. The van der Waals surface area contributed by atoms with Gasteiger partial charge in [0.25, 0.3) is 0 Å². The minimum atomic E-state index is -0.837. The van der Waals surface area contributed by atoms with Crippen molar-refractivity contribution in [2.45, 2.75) is 13.0 Å². The van der Waals surface area contributed by atoms with Gasteiger partial charge in [0, 0.05) is 43.9 Å². The number of benzene rings is 1. The van der Waals surface area contributed by atoms with E-state index in [2.05, 4.69) is 4.90 Å². The van der Waals surface area contributed by atoms with Gasteiger partial charge in [0.05, 0.1) is 6.54 Å². The van der Waals surface area contributed by atoms with E-state index in [4.69, 9.17) is 5.11 Å². The lowest BCUT2D eigenvalue weighted by molar-refractivity contribution is -0.138. The summed E-state index contributed by atoms with van der Waals surface area (Å²) in [6, 6.07) is 3.48. The molecule has 1 aromatic carbocycles. The standard InChI is InChI=1S/C14H18F2N2O2/c1-10(12-3-2-11(15)8-13(12)16)18-6-4-17(5-7-18)9-14(19)20/h2-3,8,10H,4-7,9H2,1H3,(H,19,20). The van der Waals surface area contributed by atoms with Gasteiger partial charge in [0.15, 0.2) is 0 Å². The van der Waals surface area contributed by atoms with Crippen LogP contribution < -0.4 is 0 Å². The maximum Gasteiger partial charge on any atom is 0.317 e.